The van der Waals surface area contributed by atoms with Crippen LogP contribution in [0, 0.1) is 5.92 Å². The first kappa shape index (κ1) is 19.3. The molecule has 1 fully saturated rings. The van der Waals surface area contributed by atoms with Crippen molar-refractivity contribution in [2.45, 2.75) is 44.3 Å². The maximum absolute atomic E-state index is 12.8. The van der Waals surface area contributed by atoms with E-state index in [4.69, 9.17) is 0 Å². The van der Waals surface area contributed by atoms with Crippen LogP contribution < -0.4 is 10.6 Å². The number of aromatic nitrogens is 1. The van der Waals surface area contributed by atoms with Crippen molar-refractivity contribution in [1.29, 1.82) is 0 Å². The van der Waals surface area contributed by atoms with Gasteiger partial charge in [0.25, 0.3) is 5.91 Å². The maximum atomic E-state index is 12.8. The zero-order chi connectivity index (χ0) is 18.8. The summed E-state index contributed by atoms with van der Waals surface area (Å²) in [5.74, 6) is -0.000132. The van der Waals surface area contributed by atoms with Crippen molar-refractivity contribution in [3.63, 3.8) is 0 Å². The minimum absolute atomic E-state index is 0.0296. The van der Waals surface area contributed by atoms with Gasteiger partial charge in [0.05, 0.1) is 5.69 Å². The molecule has 0 saturated heterocycles. The second kappa shape index (κ2) is 8.02. The van der Waals surface area contributed by atoms with Crippen LogP contribution in [-0.4, -0.2) is 73.4 Å². The second-order valence-electron chi connectivity index (χ2n) is 7.59. The number of carbonyl (C=O) groups is 2. The van der Waals surface area contributed by atoms with Crippen LogP contribution in [0.25, 0.3) is 0 Å². The molecule has 3 atom stereocenters. The van der Waals surface area contributed by atoms with E-state index >= 15 is 0 Å². The summed E-state index contributed by atoms with van der Waals surface area (Å²) < 4.78 is 0. The minimum atomic E-state index is -0.116. The van der Waals surface area contributed by atoms with E-state index in [0.29, 0.717) is 11.4 Å². The van der Waals surface area contributed by atoms with Gasteiger partial charge in [0.1, 0.15) is 0 Å². The molecule has 8 heteroatoms. The fraction of sp³-hybridized carbons (Fsp3) is 0.722. The number of hydrogen-bond donors (Lipinski definition) is 2. The Kier molecular flexibility index (Phi) is 5.94. The Labute approximate surface area is 159 Å². The maximum Gasteiger partial charge on any atom is 0.280 e. The van der Waals surface area contributed by atoms with Gasteiger partial charge in [-0.05, 0) is 33.4 Å². The Morgan fingerprint density at radius 3 is 2.73 bits per heavy atom. The smallest absolute Gasteiger partial charge is 0.280 e. The van der Waals surface area contributed by atoms with Crippen molar-refractivity contribution in [3.8, 4) is 0 Å². The first-order valence-electron chi connectivity index (χ1n) is 9.25. The van der Waals surface area contributed by atoms with Crippen LogP contribution in [0.1, 0.15) is 39.6 Å². The Morgan fingerprint density at radius 2 is 2.04 bits per heavy atom. The van der Waals surface area contributed by atoms with E-state index in [1.165, 1.54) is 16.2 Å². The van der Waals surface area contributed by atoms with Gasteiger partial charge in [-0.15, -0.1) is 11.3 Å². The molecule has 1 saturated carbocycles. The summed E-state index contributed by atoms with van der Waals surface area (Å²) in [4.78, 5) is 34.8. The number of likely N-dealkylation sites (N-methyl/N-ethyl adjacent to an activating group) is 2. The lowest BCUT2D eigenvalue weighted by Crippen LogP contribution is -2.53. The molecule has 1 aliphatic carbocycles. The van der Waals surface area contributed by atoms with Gasteiger partial charge in [-0.25, -0.2) is 4.98 Å². The molecule has 2 amide bonds. The number of nitrogens with one attached hydrogen (secondary N) is 2. The molecule has 0 radical (unpaired) electrons. The molecule has 1 aliphatic heterocycles. The number of hydrogen-bond acceptors (Lipinski definition) is 6. The third-order valence-electron chi connectivity index (χ3n) is 5.44. The SMILES string of the molecule is CN[C@H]1CCC(C(=O)N(C)C)C[C@H]1NC(=O)c1nc2c(s1)CN(C)CC2. The molecule has 2 aliphatic rings. The van der Waals surface area contributed by atoms with E-state index in [1.807, 2.05) is 7.05 Å². The first-order chi connectivity index (χ1) is 12.4. The summed E-state index contributed by atoms with van der Waals surface area (Å²) in [5, 5.41) is 6.98. The van der Waals surface area contributed by atoms with Crippen molar-refractivity contribution in [3.05, 3.63) is 15.6 Å². The van der Waals surface area contributed by atoms with Gasteiger partial charge >= 0.3 is 0 Å². The van der Waals surface area contributed by atoms with Crippen molar-refractivity contribution in [2.24, 2.45) is 5.92 Å². The average Bonchev–Trinajstić information content (AvgIpc) is 3.04. The molecule has 26 heavy (non-hydrogen) atoms. The van der Waals surface area contributed by atoms with E-state index in [9.17, 15) is 9.59 Å². The van der Waals surface area contributed by atoms with Crippen LogP contribution in [0.5, 0.6) is 0 Å². The first-order valence-corrected chi connectivity index (χ1v) is 10.1. The second-order valence-corrected chi connectivity index (χ2v) is 8.68. The normalized spacial score (nSPS) is 26.2. The van der Waals surface area contributed by atoms with Gasteiger partial charge in [-0.3, -0.25) is 9.59 Å². The van der Waals surface area contributed by atoms with Crippen LogP contribution >= 0.6 is 11.3 Å². The lowest BCUT2D eigenvalue weighted by Gasteiger charge is -2.36. The van der Waals surface area contributed by atoms with Gasteiger partial charge in [0, 0.05) is 56.5 Å². The van der Waals surface area contributed by atoms with Crippen LogP contribution in [0.3, 0.4) is 0 Å². The van der Waals surface area contributed by atoms with Gasteiger partial charge in [-0.1, -0.05) is 0 Å². The number of fused-ring (bicyclic) bond motifs is 1. The van der Waals surface area contributed by atoms with E-state index in [1.54, 1.807) is 19.0 Å². The molecular weight excluding hydrogens is 350 g/mol. The Hall–Kier alpha value is -1.51. The summed E-state index contributed by atoms with van der Waals surface area (Å²) in [6, 6.07) is 0.129. The number of nitrogens with zero attached hydrogens (tertiary/aromatic N) is 3. The molecule has 7 nitrogen and oxygen atoms in total. The van der Waals surface area contributed by atoms with Crippen LogP contribution in [-0.2, 0) is 17.8 Å². The predicted molar refractivity (Wildman–Crippen MR) is 102 cm³/mol. The van der Waals surface area contributed by atoms with Crippen LogP contribution in [0.2, 0.25) is 0 Å². The summed E-state index contributed by atoms with van der Waals surface area (Å²) in [7, 11) is 7.58. The van der Waals surface area contributed by atoms with E-state index in [-0.39, 0.29) is 29.8 Å². The summed E-state index contributed by atoms with van der Waals surface area (Å²) in [6.07, 6.45) is 3.30. The number of thiazole rings is 1. The highest BCUT2D eigenvalue weighted by Crippen LogP contribution is 2.28. The number of amides is 2. The van der Waals surface area contributed by atoms with Crippen molar-refractivity contribution >= 4 is 23.2 Å². The topological polar surface area (TPSA) is 77.6 Å². The van der Waals surface area contributed by atoms with Crippen LogP contribution in [0.15, 0.2) is 0 Å². The van der Waals surface area contributed by atoms with E-state index in [2.05, 4.69) is 27.6 Å². The van der Waals surface area contributed by atoms with Gasteiger partial charge in [-0.2, -0.15) is 0 Å². The van der Waals surface area contributed by atoms with Gasteiger partial charge < -0.3 is 20.4 Å². The number of rotatable bonds is 4. The van der Waals surface area contributed by atoms with E-state index in [0.717, 1.165) is 38.0 Å². The fourth-order valence-electron chi connectivity index (χ4n) is 3.92. The van der Waals surface area contributed by atoms with E-state index < -0.39 is 0 Å². The molecule has 1 aromatic rings. The van der Waals surface area contributed by atoms with Crippen LogP contribution in [0.4, 0.5) is 0 Å². The highest BCUT2D eigenvalue weighted by atomic mass is 32.1. The third kappa shape index (κ3) is 4.07. The quantitative estimate of drug-likeness (QED) is 0.806. The predicted octanol–water partition coefficient (Wildman–Crippen LogP) is 0.706. The van der Waals surface area contributed by atoms with Crippen molar-refractivity contribution < 1.29 is 9.59 Å². The molecule has 2 heterocycles. The fourth-order valence-corrected chi connectivity index (χ4v) is 5.01. The molecule has 144 valence electrons. The lowest BCUT2D eigenvalue weighted by molar-refractivity contribution is -0.134. The average molecular weight is 380 g/mol. The summed E-state index contributed by atoms with van der Waals surface area (Å²) >= 11 is 1.50. The standard InChI is InChI=1S/C18H29N5O2S/c1-19-12-6-5-11(18(25)22(2)3)9-14(12)20-16(24)17-21-13-7-8-23(4)10-15(13)26-17/h11-12,14,19H,5-10H2,1-4H3,(H,20,24)/t11?,12-,14+/m0/s1. The molecule has 0 spiro atoms. The van der Waals surface area contributed by atoms with Gasteiger partial charge in [0.2, 0.25) is 5.91 Å². The van der Waals surface area contributed by atoms with Crippen molar-refractivity contribution in [2.75, 3.05) is 34.7 Å². The molecule has 0 aromatic carbocycles. The monoisotopic (exact) mass is 379 g/mol. The zero-order valence-corrected chi connectivity index (χ0v) is 16.9. The molecule has 0 bridgehead atoms. The lowest BCUT2D eigenvalue weighted by atomic mass is 9.81. The minimum Gasteiger partial charge on any atom is -0.349 e. The Balaban J connectivity index is 1.69. The Bertz CT molecular complexity index is 675. The largest absolute Gasteiger partial charge is 0.349 e. The summed E-state index contributed by atoms with van der Waals surface area (Å²) in [6.45, 7) is 1.85. The zero-order valence-electron chi connectivity index (χ0n) is 16.0. The third-order valence-corrected chi connectivity index (χ3v) is 6.53. The molecule has 1 aromatic heterocycles. The molecule has 3 rings (SSSR count). The van der Waals surface area contributed by atoms with Gasteiger partial charge in [0.15, 0.2) is 5.01 Å². The Morgan fingerprint density at radius 1 is 1.27 bits per heavy atom. The molecule has 1 unspecified atom stereocenters. The molecular formula is C18H29N5O2S. The summed E-state index contributed by atoms with van der Waals surface area (Å²) in [5.41, 5.74) is 1.06. The van der Waals surface area contributed by atoms with Crippen molar-refractivity contribution in [1.82, 2.24) is 25.4 Å². The highest BCUT2D eigenvalue weighted by Gasteiger charge is 2.35. The highest BCUT2D eigenvalue weighted by molar-refractivity contribution is 7.13. The molecule has 2 N–H and O–H groups in total. The number of carbonyl (C=O) groups excluding carboxylic acids is 2.